The van der Waals surface area contributed by atoms with Crippen LogP contribution in [0, 0.1) is 5.92 Å². The maximum atomic E-state index is 13.4. The van der Waals surface area contributed by atoms with Gasteiger partial charge in [0.25, 0.3) is 0 Å². The molecule has 3 atom stereocenters. The van der Waals surface area contributed by atoms with Gasteiger partial charge >= 0.3 is 0 Å². The number of aliphatic hydroxyl groups is 1. The molecule has 2 saturated heterocycles. The van der Waals surface area contributed by atoms with E-state index in [0.29, 0.717) is 25.2 Å². The molecule has 2 aliphatic rings. The summed E-state index contributed by atoms with van der Waals surface area (Å²) in [5.41, 5.74) is 2.43. The van der Waals surface area contributed by atoms with Crippen LogP contribution in [0.3, 0.4) is 0 Å². The van der Waals surface area contributed by atoms with E-state index >= 15 is 0 Å². The smallest absolute Gasteiger partial charge is 0.227 e. The summed E-state index contributed by atoms with van der Waals surface area (Å²) in [4.78, 5) is 17.8. The zero-order valence-electron chi connectivity index (χ0n) is 15.7. The number of carbonyl (C=O) groups is 1. The summed E-state index contributed by atoms with van der Waals surface area (Å²) >= 11 is 0. The van der Waals surface area contributed by atoms with Gasteiger partial charge in [-0.3, -0.25) is 9.69 Å². The van der Waals surface area contributed by atoms with Gasteiger partial charge in [0.15, 0.2) is 0 Å². The molecule has 2 aromatic carbocycles. The monoisotopic (exact) mass is 364 g/mol. The first kappa shape index (κ1) is 18.2. The molecular formula is C23H28N2O2. The van der Waals surface area contributed by atoms with Gasteiger partial charge in [-0.15, -0.1) is 0 Å². The van der Waals surface area contributed by atoms with Crippen molar-refractivity contribution in [1.29, 1.82) is 0 Å². The van der Waals surface area contributed by atoms with Gasteiger partial charge in [0, 0.05) is 25.2 Å². The summed E-state index contributed by atoms with van der Waals surface area (Å²) in [5, 5.41) is 9.52. The molecule has 0 radical (unpaired) electrons. The molecule has 27 heavy (non-hydrogen) atoms. The van der Waals surface area contributed by atoms with Crippen LogP contribution >= 0.6 is 0 Å². The largest absolute Gasteiger partial charge is 0.395 e. The molecule has 4 heteroatoms. The lowest BCUT2D eigenvalue weighted by Gasteiger charge is -2.28. The minimum Gasteiger partial charge on any atom is -0.395 e. The van der Waals surface area contributed by atoms with Gasteiger partial charge in [-0.1, -0.05) is 60.7 Å². The van der Waals surface area contributed by atoms with Crippen molar-refractivity contribution in [3.8, 4) is 0 Å². The van der Waals surface area contributed by atoms with E-state index in [-0.39, 0.29) is 18.4 Å². The van der Waals surface area contributed by atoms with E-state index in [1.54, 1.807) is 0 Å². The van der Waals surface area contributed by atoms with Crippen molar-refractivity contribution in [3.05, 3.63) is 71.8 Å². The van der Waals surface area contributed by atoms with Crippen LogP contribution in [0.15, 0.2) is 60.7 Å². The second-order valence-corrected chi connectivity index (χ2v) is 7.69. The third kappa shape index (κ3) is 3.78. The quantitative estimate of drug-likeness (QED) is 0.856. The first-order chi connectivity index (χ1) is 13.3. The second kappa shape index (κ2) is 8.24. The Morgan fingerprint density at radius 3 is 2.48 bits per heavy atom. The second-order valence-electron chi connectivity index (χ2n) is 7.69. The van der Waals surface area contributed by atoms with Crippen LogP contribution < -0.4 is 0 Å². The van der Waals surface area contributed by atoms with E-state index in [0.717, 1.165) is 31.4 Å². The number of aliphatic hydroxyl groups excluding tert-OH is 1. The van der Waals surface area contributed by atoms with E-state index in [4.69, 9.17) is 0 Å². The van der Waals surface area contributed by atoms with Gasteiger partial charge in [0.2, 0.25) is 5.91 Å². The Morgan fingerprint density at radius 2 is 1.78 bits per heavy atom. The number of hydrogen-bond acceptors (Lipinski definition) is 3. The molecule has 1 amide bonds. The Labute approximate surface area is 161 Å². The maximum absolute atomic E-state index is 13.4. The average Bonchev–Trinajstić information content (AvgIpc) is 3.31. The van der Waals surface area contributed by atoms with Crippen molar-refractivity contribution < 1.29 is 9.90 Å². The van der Waals surface area contributed by atoms with E-state index in [9.17, 15) is 9.90 Å². The molecule has 2 fully saturated rings. The number of rotatable bonds is 6. The Morgan fingerprint density at radius 1 is 1.07 bits per heavy atom. The number of fused-ring (bicyclic) bond motifs is 1. The van der Waals surface area contributed by atoms with Gasteiger partial charge < -0.3 is 10.0 Å². The molecule has 0 aliphatic carbocycles. The van der Waals surface area contributed by atoms with Crippen LogP contribution in [-0.2, 0) is 11.3 Å². The highest BCUT2D eigenvalue weighted by molar-refractivity contribution is 5.80. The fourth-order valence-electron chi connectivity index (χ4n) is 4.86. The van der Waals surface area contributed by atoms with E-state index < -0.39 is 0 Å². The highest BCUT2D eigenvalue weighted by atomic mass is 16.3. The van der Waals surface area contributed by atoms with E-state index in [1.165, 1.54) is 5.56 Å². The summed E-state index contributed by atoms with van der Waals surface area (Å²) in [5.74, 6) is 0.219. The fraction of sp³-hybridized carbons (Fsp3) is 0.435. The molecule has 0 saturated carbocycles. The van der Waals surface area contributed by atoms with Crippen molar-refractivity contribution in [3.63, 3.8) is 0 Å². The number of carbonyl (C=O) groups excluding carboxylic acids is 1. The number of nitrogens with zero attached hydrogens (tertiary/aromatic N) is 2. The van der Waals surface area contributed by atoms with Crippen molar-refractivity contribution in [2.45, 2.75) is 37.9 Å². The predicted molar refractivity (Wildman–Crippen MR) is 106 cm³/mol. The molecule has 2 aliphatic heterocycles. The van der Waals surface area contributed by atoms with Crippen LogP contribution in [0.1, 0.15) is 36.4 Å². The van der Waals surface area contributed by atoms with Crippen molar-refractivity contribution in [2.75, 3.05) is 19.7 Å². The molecule has 0 bridgehead atoms. The Hall–Kier alpha value is -2.17. The highest BCUT2D eigenvalue weighted by Crippen LogP contribution is 2.45. The van der Waals surface area contributed by atoms with Gasteiger partial charge in [0.1, 0.15) is 0 Å². The number of benzene rings is 2. The van der Waals surface area contributed by atoms with Gasteiger partial charge in [-0.2, -0.15) is 0 Å². The molecule has 4 nitrogen and oxygen atoms in total. The minimum atomic E-state index is 0.00177. The lowest BCUT2D eigenvalue weighted by molar-refractivity contribution is -0.137. The van der Waals surface area contributed by atoms with Crippen molar-refractivity contribution in [1.82, 2.24) is 9.80 Å². The predicted octanol–water partition coefficient (Wildman–Crippen LogP) is 3.23. The van der Waals surface area contributed by atoms with Gasteiger partial charge in [-0.25, -0.2) is 0 Å². The lowest BCUT2D eigenvalue weighted by Crippen LogP contribution is -2.41. The minimum absolute atomic E-state index is 0.00177. The Bertz CT molecular complexity index is 749. The zero-order chi connectivity index (χ0) is 18.6. The first-order valence-electron chi connectivity index (χ1n) is 10.0. The molecule has 142 valence electrons. The van der Waals surface area contributed by atoms with Crippen LogP contribution in [0.5, 0.6) is 0 Å². The zero-order valence-corrected chi connectivity index (χ0v) is 15.7. The van der Waals surface area contributed by atoms with E-state index in [1.807, 2.05) is 41.3 Å². The summed E-state index contributed by atoms with van der Waals surface area (Å²) in [6.07, 6.45) is 3.14. The molecule has 0 aromatic heterocycles. The van der Waals surface area contributed by atoms with Crippen LogP contribution in [0.25, 0.3) is 0 Å². The van der Waals surface area contributed by atoms with E-state index in [2.05, 4.69) is 29.2 Å². The molecule has 0 spiro atoms. The highest BCUT2D eigenvalue weighted by Gasteiger charge is 2.48. The third-order valence-electron chi connectivity index (χ3n) is 6.08. The molecule has 2 heterocycles. The fourth-order valence-corrected chi connectivity index (χ4v) is 4.86. The van der Waals surface area contributed by atoms with Crippen LogP contribution in [0.4, 0.5) is 0 Å². The maximum Gasteiger partial charge on any atom is 0.227 e. The SMILES string of the molecule is O=C([C@@H]1C[C@H](c2ccccc2)N2CCC[C@@H]12)N(CCO)Cc1ccccc1. The number of amides is 1. The Kier molecular flexibility index (Phi) is 5.55. The lowest BCUT2D eigenvalue weighted by atomic mass is 9.93. The van der Waals surface area contributed by atoms with Crippen molar-refractivity contribution in [2.24, 2.45) is 5.92 Å². The number of hydrogen-bond donors (Lipinski definition) is 1. The normalized spacial score (nSPS) is 24.7. The summed E-state index contributed by atoms with van der Waals surface area (Å²) in [6, 6.07) is 21.3. The molecule has 1 N–H and O–H groups in total. The summed E-state index contributed by atoms with van der Waals surface area (Å²) in [7, 11) is 0. The summed E-state index contributed by atoms with van der Waals surface area (Å²) < 4.78 is 0. The van der Waals surface area contributed by atoms with Gasteiger partial charge in [-0.05, 0) is 36.9 Å². The van der Waals surface area contributed by atoms with Gasteiger partial charge in [0.05, 0.1) is 12.5 Å². The average molecular weight is 364 g/mol. The third-order valence-corrected chi connectivity index (χ3v) is 6.08. The van der Waals surface area contributed by atoms with Crippen molar-refractivity contribution >= 4 is 5.91 Å². The molecule has 2 aromatic rings. The topological polar surface area (TPSA) is 43.8 Å². The summed E-state index contributed by atoms with van der Waals surface area (Å²) in [6.45, 7) is 2.04. The molecular weight excluding hydrogens is 336 g/mol. The first-order valence-corrected chi connectivity index (χ1v) is 10.0. The molecule has 4 rings (SSSR count). The standard InChI is InChI=1S/C23H28N2O2/c26-15-14-24(17-18-8-3-1-4-9-18)23(27)20-16-22(19-10-5-2-6-11-19)25-13-7-12-21(20)25/h1-6,8-11,20-22,26H,7,12-17H2/t20-,21+,22-/m1/s1. The Balaban J connectivity index is 1.54. The molecule has 0 unspecified atom stereocenters. The van der Waals surface area contributed by atoms with Crippen LogP contribution in [0.2, 0.25) is 0 Å². The van der Waals surface area contributed by atoms with Crippen LogP contribution in [-0.4, -0.2) is 46.6 Å².